The van der Waals surface area contributed by atoms with E-state index in [9.17, 15) is 14.4 Å². The molecule has 0 aromatic rings. The van der Waals surface area contributed by atoms with Crippen LogP contribution < -0.4 is 0 Å². The van der Waals surface area contributed by atoms with Gasteiger partial charge in [-0.1, -0.05) is 198 Å². The summed E-state index contributed by atoms with van der Waals surface area (Å²) >= 11 is 0. The number of esters is 3. The standard InChI is InChI=1S/C55H100O6/c1-4-7-10-13-16-19-22-25-27-30-33-36-39-42-45-48-54(57)60-51-52(50-59-53(56)47-44-41-38-35-32-29-24-21-18-15-12-9-6-3)61-55(58)49-46-43-40-37-34-31-28-26-23-20-17-14-11-8-5-2/h21,24-28,52H,4-20,22-23,29-51H2,1-3H3/b24-21-,27-25-,28-26-/t52-/m0/s1. The minimum Gasteiger partial charge on any atom is -0.462 e. The zero-order chi connectivity index (χ0) is 44.4. The van der Waals surface area contributed by atoms with Crippen LogP contribution in [0.4, 0.5) is 0 Å². The summed E-state index contributed by atoms with van der Waals surface area (Å²) in [5.41, 5.74) is 0. The molecule has 0 unspecified atom stereocenters. The fourth-order valence-corrected chi connectivity index (χ4v) is 7.54. The lowest BCUT2D eigenvalue weighted by atomic mass is 10.1. The predicted molar refractivity (Wildman–Crippen MR) is 261 cm³/mol. The molecule has 1 atom stereocenters. The van der Waals surface area contributed by atoms with Crippen LogP contribution >= 0.6 is 0 Å². The molecule has 0 saturated heterocycles. The molecule has 356 valence electrons. The first kappa shape index (κ1) is 58.6. The highest BCUT2D eigenvalue weighted by atomic mass is 16.6. The summed E-state index contributed by atoms with van der Waals surface area (Å²) in [6, 6.07) is 0. The van der Waals surface area contributed by atoms with Gasteiger partial charge in [0, 0.05) is 19.3 Å². The largest absolute Gasteiger partial charge is 0.462 e. The molecule has 0 aliphatic heterocycles. The molecule has 6 nitrogen and oxygen atoms in total. The maximum absolute atomic E-state index is 12.8. The SMILES string of the molecule is CCCCCC/C=C\CCCCCCCC(=O)OC[C@@H](COC(=O)CCCCCCC/C=C\CCCCCCCC)OC(=O)CCCCCCC/C=C\CCCCCCCC. The molecule has 0 rings (SSSR count). The summed E-state index contributed by atoms with van der Waals surface area (Å²) in [5, 5.41) is 0. The smallest absolute Gasteiger partial charge is 0.306 e. The van der Waals surface area contributed by atoms with Crippen LogP contribution in [-0.4, -0.2) is 37.2 Å². The number of allylic oxidation sites excluding steroid dienone is 6. The number of hydrogen-bond acceptors (Lipinski definition) is 6. The second-order valence-corrected chi connectivity index (χ2v) is 17.8. The van der Waals surface area contributed by atoms with Crippen LogP contribution in [0.2, 0.25) is 0 Å². The summed E-state index contributed by atoms with van der Waals surface area (Å²) in [7, 11) is 0. The Bertz CT molecular complexity index is 1030. The van der Waals surface area contributed by atoms with Crippen molar-refractivity contribution in [1.29, 1.82) is 0 Å². The van der Waals surface area contributed by atoms with E-state index < -0.39 is 6.10 Å². The number of rotatable bonds is 48. The van der Waals surface area contributed by atoms with Gasteiger partial charge in [-0.2, -0.15) is 0 Å². The van der Waals surface area contributed by atoms with Crippen molar-refractivity contribution in [2.24, 2.45) is 0 Å². The Morgan fingerprint density at radius 3 is 0.836 bits per heavy atom. The van der Waals surface area contributed by atoms with E-state index in [4.69, 9.17) is 14.2 Å². The highest BCUT2D eigenvalue weighted by Gasteiger charge is 2.19. The fourth-order valence-electron chi connectivity index (χ4n) is 7.54. The van der Waals surface area contributed by atoms with Crippen LogP contribution in [0.1, 0.15) is 278 Å². The van der Waals surface area contributed by atoms with E-state index in [0.29, 0.717) is 19.3 Å². The Hall–Kier alpha value is -2.37. The van der Waals surface area contributed by atoms with Gasteiger partial charge in [0.05, 0.1) is 0 Å². The fraction of sp³-hybridized carbons (Fsp3) is 0.836. The molecule has 0 heterocycles. The molecule has 0 amide bonds. The first-order valence-corrected chi connectivity index (χ1v) is 26.5. The van der Waals surface area contributed by atoms with Gasteiger partial charge in [-0.05, 0) is 96.3 Å². The molecule has 61 heavy (non-hydrogen) atoms. The molecule has 0 fully saturated rings. The van der Waals surface area contributed by atoms with E-state index in [1.54, 1.807) is 0 Å². The molecule has 0 aromatic carbocycles. The van der Waals surface area contributed by atoms with Crippen molar-refractivity contribution in [3.63, 3.8) is 0 Å². The minimum atomic E-state index is -0.780. The molecule has 0 aliphatic carbocycles. The molecule has 0 bridgehead atoms. The zero-order valence-electron chi connectivity index (χ0n) is 40.7. The van der Waals surface area contributed by atoms with Gasteiger partial charge in [0.15, 0.2) is 6.10 Å². The zero-order valence-corrected chi connectivity index (χ0v) is 40.7. The Morgan fingerprint density at radius 2 is 0.541 bits per heavy atom. The Labute approximate surface area is 378 Å². The maximum atomic E-state index is 12.8. The Morgan fingerprint density at radius 1 is 0.311 bits per heavy atom. The van der Waals surface area contributed by atoms with Gasteiger partial charge in [-0.25, -0.2) is 0 Å². The third-order valence-corrected chi connectivity index (χ3v) is 11.6. The van der Waals surface area contributed by atoms with Crippen molar-refractivity contribution >= 4 is 17.9 Å². The lowest BCUT2D eigenvalue weighted by molar-refractivity contribution is -0.167. The Balaban J connectivity index is 4.39. The quantitative estimate of drug-likeness (QED) is 0.0262. The maximum Gasteiger partial charge on any atom is 0.306 e. The van der Waals surface area contributed by atoms with Crippen molar-refractivity contribution < 1.29 is 28.6 Å². The van der Waals surface area contributed by atoms with Gasteiger partial charge >= 0.3 is 17.9 Å². The van der Waals surface area contributed by atoms with Crippen LogP contribution in [0, 0.1) is 0 Å². The monoisotopic (exact) mass is 857 g/mol. The van der Waals surface area contributed by atoms with Crippen LogP contribution in [-0.2, 0) is 28.6 Å². The highest BCUT2D eigenvalue weighted by molar-refractivity contribution is 5.71. The van der Waals surface area contributed by atoms with Crippen LogP contribution in [0.25, 0.3) is 0 Å². The second kappa shape index (κ2) is 50.3. The lowest BCUT2D eigenvalue weighted by Crippen LogP contribution is -2.30. The molecule has 0 spiro atoms. The molecular formula is C55H100O6. The molecular weight excluding hydrogens is 757 g/mol. The normalized spacial score (nSPS) is 12.2. The van der Waals surface area contributed by atoms with Crippen LogP contribution in [0.15, 0.2) is 36.5 Å². The van der Waals surface area contributed by atoms with Crippen molar-refractivity contribution in [2.45, 2.75) is 284 Å². The number of ether oxygens (including phenoxy) is 3. The van der Waals surface area contributed by atoms with E-state index in [0.717, 1.165) is 83.5 Å². The predicted octanol–water partition coefficient (Wildman–Crippen LogP) is 17.3. The van der Waals surface area contributed by atoms with Crippen LogP contribution in [0.5, 0.6) is 0 Å². The van der Waals surface area contributed by atoms with Gasteiger partial charge < -0.3 is 14.2 Å². The third kappa shape index (κ3) is 48.5. The van der Waals surface area contributed by atoms with Gasteiger partial charge in [-0.15, -0.1) is 0 Å². The first-order valence-electron chi connectivity index (χ1n) is 26.5. The molecule has 0 radical (unpaired) electrons. The van der Waals surface area contributed by atoms with E-state index >= 15 is 0 Å². The molecule has 6 heteroatoms. The summed E-state index contributed by atoms with van der Waals surface area (Å²) in [4.78, 5) is 38.0. The number of carbonyl (C=O) groups excluding carboxylic acids is 3. The minimum absolute atomic E-state index is 0.0809. The second-order valence-electron chi connectivity index (χ2n) is 17.8. The summed E-state index contributed by atoms with van der Waals surface area (Å²) in [6.45, 7) is 6.61. The van der Waals surface area contributed by atoms with Gasteiger partial charge in [0.1, 0.15) is 13.2 Å². The topological polar surface area (TPSA) is 78.9 Å². The number of hydrogen-bond donors (Lipinski definition) is 0. The van der Waals surface area contributed by atoms with E-state index in [1.807, 2.05) is 0 Å². The molecule has 0 aliphatic rings. The van der Waals surface area contributed by atoms with Crippen molar-refractivity contribution in [1.82, 2.24) is 0 Å². The van der Waals surface area contributed by atoms with Crippen molar-refractivity contribution in [2.75, 3.05) is 13.2 Å². The highest BCUT2D eigenvalue weighted by Crippen LogP contribution is 2.14. The van der Waals surface area contributed by atoms with E-state index in [1.165, 1.54) is 154 Å². The van der Waals surface area contributed by atoms with Crippen molar-refractivity contribution in [3.05, 3.63) is 36.5 Å². The average molecular weight is 857 g/mol. The lowest BCUT2D eigenvalue weighted by Gasteiger charge is -2.18. The molecule has 0 aromatic heterocycles. The Kier molecular flexibility index (Phi) is 48.3. The van der Waals surface area contributed by atoms with Crippen LogP contribution in [0.3, 0.4) is 0 Å². The average Bonchev–Trinajstić information content (AvgIpc) is 3.26. The van der Waals surface area contributed by atoms with Gasteiger partial charge in [-0.3, -0.25) is 14.4 Å². The summed E-state index contributed by atoms with van der Waals surface area (Å²) in [6.07, 6.45) is 58.4. The van der Waals surface area contributed by atoms with E-state index in [2.05, 4.69) is 57.2 Å². The number of unbranched alkanes of at least 4 members (excludes halogenated alkanes) is 31. The van der Waals surface area contributed by atoms with Gasteiger partial charge in [0.2, 0.25) is 0 Å². The molecule has 0 saturated carbocycles. The summed E-state index contributed by atoms with van der Waals surface area (Å²) in [5.74, 6) is -0.896. The summed E-state index contributed by atoms with van der Waals surface area (Å²) < 4.78 is 16.8. The van der Waals surface area contributed by atoms with E-state index in [-0.39, 0.29) is 31.1 Å². The van der Waals surface area contributed by atoms with Gasteiger partial charge in [0.25, 0.3) is 0 Å². The molecule has 0 N–H and O–H groups in total. The third-order valence-electron chi connectivity index (χ3n) is 11.6. The van der Waals surface area contributed by atoms with Crippen molar-refractivity contribution in [3.8, 4) is 0 Å². The number of carbonyl (C=O) groups is 3. The first-order chi connectivity index (χ1) is 30.0.